The summed E-state index contributed by atoms with van der Waals surface area (Å²) < 4.78 is 5.83. The highest BCUT2D eigenvalue weighted by molar-refractivity contribution is 5.76. The number of aromatic nitrogens is 1. The van der Waals surface area contributed by atoms with Crippen LogP contribution in [0.2, 0.25) is 0 Å². The Balaban J connectivity index is 2.09. The fourth-order valence-corrected chi connectivity index (χ4v) is 2.14. The molecule has 3 nitrogen and oxygen atoms in total. The quantitative estimate of drug-likeness (QED) is 0.770. The van der Waals surface area contributed by atoms with Gasteiger partial charge in [-0.05, 0) is 31.5 Å². The van der Waals surface area contributed by atoms with Crippen LogP contribution in [-0.2, 0) is 0 Å². The van der Waals surface area contributed by atoms with Crippen molar-refractivity contribution in [3.05, 3.63) is 29.7 Å². The van der Waals surface area contributed by atoms with E-state index in [9.17, 15) is 0 Å². The second-order valence-electron chi connectivity index (χ2n) is 4.16. The van der Waals surface area contributed by atoms with Gasteiger partial charge in [0.05, 0.1) is 0 Å². The van der Waals surface area contributed by atoms with Crippen molar-refractivity contribution in [2.24, 2.45) is 0 Å². The zero-order chi connectivity index (χ0) is 10.3. The molecule has 2 heterocycles. The van der Waals surface area contributed by atoms with E-state index in [1.165, 1.54) is 0 Å². The molecule has 1 aromatic carbocycles. The van der Waals surface area contributed by atoms with Gasteiger partial charge in [0, 0.05) is 12.5 Å². The Morgan fingerprint density at radius 1 is 1.47 bits per heavy atom. The average molecular weight is 202 g/mol. The smallest absolute Gasteiger partial charge is 0.199 e. The lowest BCUT2D eigenvalue weighted by Gasteiger charge is -2.00. The highest BCUT2D eigenvalue weighted by Gasteiger charge is 2.22. The molecule has 1 aliphatic heterocycles. The van der Waals surface area contributed by atoms with E-state index in [-0.39, 0.29) is 0 Å². The molecule has 0 spiro atoms. The highest BCUT2D eigenvalue weighted by atomic mass is 16.3. The minimum absolute atomic E-state index is 0.455. The van der Waals surface area contributed by atoms with Crippen molar-refractivity contribution in [2.45, 2.75) is 19.3 Å². The summed E-state index contributed by atoms with van der Waals surface area (Å²) in [5.74, 6) is 1.35. The van der Waals surface area contributed by atoms with Gasteiger partial charge in [-0.2, -0.15) is 0 Å². The lowest BCUT2D eigenvalue weighted by Crippen LogP contribution is -2.07. The number of aryl methyl sites for hydroxylation is 1. The molecule has 0 bridgehead atoms. The van der Waals surface area contributed by atoms with Crippen LogP contribution in [0.1, 0.15) is 23.8 Å². The van der Waals surface area contributed by atoms with E-state index in [1.54, 1.807) is 0 Å². The van der Waals surface area contributed by atoms with E-state index >= 15 is 0 Å². The van der Waals surface area contributed by atoms with E-state index in [1.807, 2.05) is 12.1 Å². The summed E-state index contributed by atoms with van der Waals surface area (Å²) in [6.45, 7) is 4.12. The normalized spacial score (nSPS) is 21.3. The average Bonchev–Trinajstić information content (AvgIpc) is 2.86. The topological polar surface area (TPSA) is 38.1 Å². The Hall–Kier alpha value is -1.35. The van der Waals surface area contributed by atoms with Crippen LogP contribution in [-0.4, -0.2) is 18.1 Å². The van der Waals surface area contributed by atoms with Crippen molar-refractivity contribution in [2.75, 3.05) is 13.1 Å². The Morgan fingerprint density at radius 2 is 2.40 bits per heavy atom. The van der Waals surface area contributed by atoms with E-state index in [4.69, 9.17) is 4.42 Å². The molecular formula is C12H14N2O. The van der Waals surface area contributed by atoms with Gasteiger partial charge in [0.15, 0.2) is 11.5 Å². The van der Waals surface area contributed by atoms with E-state index in [0.29, 0.717) is 5.92 Å². The molecule has 78 valence electrons. The number of benzene rings is 1. The summed E-state index contributed by atoms with van der Waals surface area (Å²) in [5.41, 5.74) is 3.09. The molecule has 3 heteroatoms. The molecule has 3 rings (SSSR count). The molecule has 2 aromatic rings. The lowest BCUT2D eigenvalue weighted by molar-refractivity contribution is 0.484. The molecule has 0 amide bonds. The number of hydrogen-bond acceptors (Lipinski definition) is 3. The van der Waals surface area contributed by atoms with Crippen molar-refractivity contribution in [1.29, 1.82) is 0 Å². The van der Waals surface area contributed by atoms with Crippen molar-refractivity contribution in [3.63, 3.8) is 0 Å². The maximum atomic E-state index is 5.83. The first kappa shape index (κ1) is 8.92. The van der Waals surface area contributed by atoms with E-state index in [2.05, 4.69) is 23.3 Å². The van der Waals surface area contributed by atoms with Crippen LogP contribution in [0.4, 0.5) is 0 Å². The van der Waals surface area contributed by atoms with Gasteiger partial charge in [-0.15, -0.1) is 0 Å². The first-order valence-electron chi connectivity index (χ1n) is 5.41. The fourth-order valence-electron chi connectivity index (χ4n) is 2.14. The molecule has 0 radical (unpaired) electrons. The molecule has 15 heavy (non-hydrogen) atoms. The van der Waals surface area contributed by atoms with Crippen LogP contribution in [0.15, 0.2) is 22.6 Å². The number of para-hydroxylation sites is 1. The number of fused-ring (bicyclic) bond motifs is 1. The SMILES string of the molecule is Cc1cccc2nc(C3CCNC3)oc12. The molecule has 1 fully saturated rings. The van der Waals surface area contributed by atoms with Crippen LogP contribution < -0.4 is 5.32 Å². The van der Waals surface area contributed by atoms with Crippen molar-refractivity contribution in [1.82, 2.24) is 10.3 Å². The van der Waals surface area contributed by atoms with Crippen LogP contribution in [0.25, 0.3) is 11.1 Å². The van der Waals surface area contributed by atoms with Gasteiger partial charge < -0.3 is 9.73 Å². The number of oxazole rings is 1. The summed E-state index contributed by atoms with van der Waals surface area (Å²) in [6.07, 6.45) is 1.13. The summed E-state index contributed by atoms with van der Waals surface area (Å²) in [6, 6.07) is 6.10. The fraction of sp³-hybridized carbons (Fsp3) is 0.417. The standard InChI is InChI=1S/C12H14N2O/c1-8-3-2-4-10-11(8)15-12(14-10)9-5-6-13-7-9/h2-4,9,13H,5-7H2,1H3. The number of hydrogen-bond donors (Lipinski definition) is 1. The largest absolute Gasteiger partial charge is 0.440 e. The van der Waals surface area contributed by atoms with Crippen LogP contribution >= 0.6 is 0 Å². The van der Waals surface area contributed by atoms with Gasteiger partial charge in [-0.1, -0.05) is 12.1 Å². The van der Waals surface area contributed by atoms with E-state index < -0.39 is 0 Å². The van der Waals surface area contributed by atoms with Gasteiger partial charge in [-0.25, -0.2) is 4.98 Å². The summed E-state index contributed by atoms with van der Waals surface area (Å²) >= 11 is 0. The third-order valence-corrected chi connectivity index (χ3v) is 3.04. The molecule has 1 saturated heterocycles. The number of rotatable bonds is 1. The third kappa shape index (κ3) is 1.43. The molecule has 1 unspecified atom stereocenters. The van der Waals surface area contributed by atoms with Gasteiger partial charge in [0.2, 0.25) is 0 Å². The first-order valence-corrected chi connectivity index (χ1v) is 5.41. The van der Waals surface area contributed by atoms with Crippen molar-refractivity contribution in [3.8, 4) is 0 Å². The Kier molecular flexibility index (Phi) is 1.99. The second kappa shape index (κ2) is 3.35. The summed E-state index contributed by atoms with van der Waals surface area (Å²) in [4.78, 5) is 4.55. The molecule has 0 saturated carbocycles. The molecule has 0 aliphatic carbocycles. The van der Waals surface area contributed by atoms with Gasteiger partial charge in [0.1, 0.15) is 5.52 Å². The minimum Gasteiger partial charge on any atom is -0.440 e. The zero-order valence-electron chi connectivity index (χ0n) is 8.79. The highest BCUT2D eigenvalue weighted by Crippen LogP contribution is 2.26. The van der Waals surface area contributed by atoms with Gasteiger partial charge >= 0.3 is 0 Å². The van der Waals surface area contributed by atoms with Crippen LogP contribution in [0.5, 0.6) is 0 Å². The third-order valence-electron chi connectivity index (χ3n) is 3.04. The minimum atomic E-state index is 0.455. The van der Waals surface area contributed by atoms with E-state index in [0.717, 1.165) is 42.1 Å². The second-order valence-corrected chi connectivity index (χ2v) is 4.16. The first-order chi connectivity index (χ1) is 7.34. The maximum absolute atomic E-state index is 5.83. The maximum Gasteiger partial charge on any atom is 0.199 e. The van der Waals surface area contributed by atoms with Crippen LogP contribution in [0.3, 0.4) is 0 Å². The molecule has 1 aromatic heterocycles. The predicted molar refractivity (Wildman–Crippen MR) is 59.0 cm³/mol. The van der Waals surface area contributed by atoms with Crippen LogP contribution in [0, 0.1) is 6.92 Å². The van der Waals surface area contributed by atoms with Crippen molar-refractivity contribution < 1.29 is 4.42 Å². The predicted octanol–water partition coefficient (Wildman–Crippen LogP) is 2.21. The lowest BCUT2D eigenvalue weighted by atomic mass is 10.1. The Labute approximate surface area is 88.5 Å². The Bertz CT molecular complexity index is 483. The van der Waals surface area contributed by atoms with Gasteiger partial charge in [-0.3, -0.25) is 0 Å². The summed E-state index contributed by atoms with van der Waals surface area (Å²) in [5, 5.41) is 3.33. The zero-order valence-corrected chi connectivity index (χ0v) is 8.79. The molecule has 1 atom stereocenters. The number of nitrogens with one attached hydrogen (secondary N) is 1. The Morgan fingerprint density at radius 3 is 3.13 bits per heavy atom. The van der Waals surface area contributed by atoms with Crippen molar-refractivity contribution >= 4 is 11.1 Å². The molecule has 1 aliphatic rings. The summed E-state index contributed by atoms with van der Waals surface area (Å²) in [7, 11) is 0. The monoisotopic (exact) mass is 202 g/mol. The van der Waals surface area contributed by atoms with Gasteiger partial charge in [0.25, 0.3) is 0 Å². The number of nitrogens with zero attached hydrogens (tertiary/aromatic N) is 1. The molecule has 1 N–H and O–H groups in total. The molecular weight excluding hydrogens is 188 g/mol.